The van der Waals surface area contributed by atoms with Crippen LogP contribution >= 0.6 is 0 Å². The first kappa shape index (κ1) is 38.9. The maximum Gasteiger partial charge on any atom is 0.0695 e. The summed E-state index contributed by atoms with van der Waals surface area (Å²) < 4.78 is 0. The van der Waals surface area contributed by atoms with Gasteiger partial charge in [0.2, 0.25) is 0 Å². The van der Waals surface area contributed by atoms with Crippen LogP contribution in [0.15, 0.2) is 128 Å². The summed E-state index contributed by atoms with van der Waals surface area (Å²) in [6, 6.07) is 45.5. The van der Waals surface area contributed by atoms with Crippen LogP contribution in [0.4, 0.5) is 0 Å². The zero-order valence-corrected chi connectivity index (χ0v) is 35.1. The standard InChI is InChI=1S/C31H25N2.C19H24N.Ir/c1-3-31(4-2)27-15-13-22(29-20-23(16-18-33-29)28-11-7-8-17-32-28)19-26(27)25-14-12-21-9-5-6-10-24(21)30(25)31;1-18(2,3)15-9-7-14(8-10-15)17-12-11-16(13-20-17)19(4,5)6;/h5-12,14-20H,3-4H2,1-2H3;7,9-13H,1-6H3;/q2*-1;. The SMILES string of the molecule is CC(C)(C)c1c[c-]c(-c2ccc(C(C)(C)C)cn2)cc1.CCC1(CC)c2c[c-]c(-c3cc(-c4ccccn4)ccn3)cc2-c2ccc3ccccc3c21.[Ir]. The van der Waals surface area contributed by atoms with Crippen molar-refractivity contribution < 1.29 is 20.1 Å². The first-order chi connectivity index (χ1) is 25.4. The Morgan fingerprint density at radius 3 is 1.93 bits per heavy atom. The van der Waals surface area contributed by atoms with Crippen LogP contribution in [-0.2, 0) is 36.4 Å². The van der Waals surface area contributed by atoms with Gasteiger partial charge in [-0.25, -0.2) is 0 Å². The third-order valence-electron chi connectivity index (χ3n) is 11.0. The molecule has 7 aromatic rings. The molecule has 8 rings (SSSR count). The van der Waals surface area contributed by atoms with Gasteiger partial charge in [-0.2, -0.15) is 0 Å². The minimum Gasteiger partial charge on any atom is -0.305 e. The van der Waals surface area contributed by atoms with Gasteiger partial charge in [-0.15, -0.1) is 64.7 Å². The third-order valence-corrected chi connectivity index (χ3v) is 11.0. The molecular formula is C50H49IrN3-2. The monoisotopic (exact) mass is 884 g/mol. The summed E-state index contributed by atoms with van der Waals surface area (Å²) in [6.07, 6.45) is 7.80. The number of benzene rings is 4. The molecule has 0 fully saturated rings. The molecule has 0 saturated carbocycles. The zero-order chi connectivity index (χ0) is 37.4. The first-order valence-electron chi connectivity index (χ1n) is 18.9. The van der Waals surface area contributed by atoms with E-state index in [9.17, 15) is 0 Å². The summed E-state index contributed by atoms with van der Waals surface area (Å²) in [5, 5.41) is 2.68. The van der Waals surface area contributed by atoms with Gasteiger partial charge in [-0.05, 0) is 78.9 Å². The molecule has 0 bridgehead atoms. The number of hydrogen-bond acceptors (Lipinski definition) is 3. The maximum atomic E-state index is 4.68. The van der Waals surface area contributed by atoms with Crippen LogP contribution in [0, 0.1) is 12.1 Å². The van der Waals surface area contributed by atoms with E-state index in [2.05, 4.69) is 167 Å². The van der Waals surface area contributed by atoms with E-state index in [1.165, 1.54) is 44.2 Å². The van der Waals surface area contributed by atoms with E-state index in [-0.39, 0.29) is 36.4 Å². The van der Waals surface area contributed by atoms with Crippen molar-refractivity contribution in [3.05, 3.63) is 162 Å². The van der Waals surface area contributed by atoms with Crippen molar-refractivity contribution >= 4 is 10.8 Å². The summed E-state index contributed by atoms with van der Waals surface area (Å²) in [4.78, 5) is 13.8. The van der Waals surface area contributed by atoms with Crippen molar-refractivity contribution in [2.45, 2.75) is 84.5 Å². The van der Waals surface area contributed by atoms with Crippen LogP contribution < -0.4 is 0 Å². The van der Waals surface area contributed by atoms with Gasteiger partial charge >= 0.3 is 0 Å². The molecule has 1 aliphatic carbocycles. The van der Waals surface area contributed by atoms with E-state index in [1.54, 1.807) is 0 Å². The van der Waals surface area contributed by atoms with Gasteiger partial charge in [-0.3, -0.25) is 4.98 Å². The smallest absolute Gasteiger partial charge is 0.0695 e. The maximum absolute atomic E-state index is 4.68. The van der Waals surface area contributed by atoms with Gasteiger partial charge < -0.3 is 9.97 Å². The van der Waals surface area contributed by atoms with Gasteiger partial charge in [0.15, 0.2) is 0 Å². The minimum atomic E-state index is 0. The van der Waals surface area contributed by atoms with Crippen LogP contribution in [0.3, 0.4) is 0 Å². The van der Waals surface area contributed by atoms with Gasteiger partial charge in [0, 0.05) is 38.7 Å². The van der Waals surface area contributed by atoms with Crippen molar-refractivity contribution in [3.8, 4) is 44.9 Å². The molecule has 275 valence electrons. The van der Waals surface area contributed by atoms with Crippen molar-refractivity contribution in [2.75, 3.05) is 0 Å². The third kappa shape index (κ3) is 7.48. The van der Waals surface area contributed by atoms with E-state index in [4.69, 9.17) is 0 Å². The Hall–Kier alpha value is -4.76. The summed E-state index contributed by atoms with van der Waals surface area (Å²) in [7, 11) is 0. The quantitative estimate of drug-likeness (QED) is 0.162. The molecule has 54 heavy (non-hydrogen) atoms. The molecule has 0 spiro atoms. The Labute approximate surface area is 335 Å². The Kier molecular flexibility index (Phi) is 11.2. The van der Waals surface area contributed by atoms with E-state index in [0.717, 1.165) is 46.6 Å². The fraction of sp³-hybridized carbons (Fsp3) is 0.260. The molecule has 3 heterocycles. The minimum absolute atomic E-state index is 0. The molecular weight excluding hydrogens is 835 g/mol. The second kappa shape index (κ2) is 15.5. The average molecular weight is 884 g/mol. The molecule has 0 N–H and O–H groups in total. The van der Waals surface area contributed by atoms with Gasteiger partial charge in [0.1, 0.15) is 0 Å². The van der Waals surface area contributed by atoms with Gasteiger partial charge in [0.05, 0.1) is 5.69 Å². The number of rotatable bonds is 5. The predicted molar refractivity (Wildman–Crippen MR) is 222 cm³/mol. The number of aromatic nitrogens is 3. The number of fused-ring (bicyclic) bond motifs is 5. The summed E-state index contributed by atoms with van der Waals surface area (Å²) in [5.74, 6) is 0. The molecule has 3 nitrogen and oxygen atoms in total. The molecule has 4 aromatic carbocycles. The van der Waals surface area contributed by atoms with Crippen LogP contribution in [0.1, 0.15) is 90.5 Å². The first-order valence-corrected chi connectivity index (χ1v) is 18.9. The second-order valence-electron chi connectivity index (χ2n) is 16.2. The van der Waals surface area contributed by atoms with E-state index in [0.29, 0.717) is 0 Å². The zero-order valence-electron chi connectivity index (χ0n) is 32.7. The Morgan fingerprint density at radius 1 is 0.574 bits per heavy atom. The Balaban J connectivity index is 0.000000205. The molecule has 4 heteroatoms. The van der Waals surface area contributed by atoms with E-state index >= 15 is 0 Å². The molecule has 0 unspecified atom stereocenters. The fourth-order valence-corrected chi connectivity index (χ4v) is 7.71. The second-order valence-corrected chi connectivity index (χ2v) is 16.2. The molecule has 0 aliphatic heterocycles. The Morgan fingerprint density at radius 2 is 1.28 bits per heavy atom. The average Bonchev–Trinajstić information content (AvgIpc) is 3.48. The number of hydrogen-bond donors (Lipinski definition) is 0. The van der Waals surface area contributed by atoms with Crippen LogP contribution in [0.2, 0.25) is 0 Å². The molecule has 1 aliphatic rings. The van der Waals surface area contributed by atoms with Crippen molar-refractivity contribution in [3.63, 3.8) is 0 Å². The number of nitrogens with zero attached hydrogens (tertiary/aromatic N) is 3. The topological polar surface area (TPSA) is 38.7 Å². The van der Waals surface area contributed by atoms with Crippen molar-refractivity contribution in [2.24, 2.45) is 0 Å². The molecule has 1 radical (unpaired) electrons. The summed E-state index contributed by atoms with van der Waals surface area (Å²) in [5.41, 5.74) is 14.4. The van der Waals surface area contributed by atoms with E-state index in [1.807, 2.05) is 42.9 Å². The van der Waals surface area contributed by atoms with Crippen LogP contribution in [-0.4, -0.2) is 15.0 Å². The number of pyridine rings is 3. The summed E-state index contributed by atoms with van der Waals surface area (Å²) in [6.45, 7) is 17.9. The Bertz CT molecular complexity index is 2310. The fourth-order valence-electron chi connectivity index (χ4n) is 7.71. The molecule has 0 atom stereocenters. The largest absolute Gasteiger partial charge is 0.305 e. The van der Waals surface area contributed by atoms with Crippen molar-refractivity contribution in [1.82, 2.24) is 15.0 Å². The molecule has 3 aromatic heterocycles. The predicted octanol–water partition coefficient (Wildman–Crippen LogP) is 13.0. The molecule has 0 saturated heterocycles. The summed E-state index contributed by atoms with van der Waals surface area (Å²) >= 11 is 0. The van der Waals surface area contributed by atoms with Gasteiger partial charge in [0.25, 0.3) is 0 Å². The van der Waals surface area contributed by atoms with E-state index < -0.39 is 0 Å². The van der Waals surface area contributed by atoms with Crippen LogP contribution in [0.5, 0.6) is 0 Å². The normalized spacial score (nSPS) is 13.0. The van der Waals surface area contributed by atoms with Crippen molar-refractivity contribution in [1.29, 1.82) is 0 Å². The molecule has 0 amide bonds. The van der Waals surface area contributed by atoms with Crippen LogP contribution in [0.25, 0.3) is 55.7 Å². The van der Waals surface area contributed by atoms with Gasteiger partial charge in [-0.1, -0.05) is 134 Å².